The van der Waals surface area contributed by atoms with Gasteiger partial charge in [-0.15, -0.1) is 0 Å². The number of hydrogen-bond donors (Lipinski definition) is 0. The number of ketones is 1. The molecular weight excluding hydrogens is 250 g/mol. The summed E-state index contributed by atoms with van der Waals surface area (Å²) in [5.74, 6) is 1.87. The van der Waals surface area contributed by atoms with Crippen molar-refractivity contribution < 1.29 is 9.21 Å². The Hall–Kier alpha value is -1.77. The van der Waals surface area contributed by atoms with Crippen molar-refractivity contribution in [1.82, 2.24) is 0 Å². The number of carbonyl (C=O) groups is 1. The molecule has 2 aromatic rings. The molecule has 1 aliphatic rings. The molecule has 1 aliphatic heterocycles. The van der Waals surface area contributed by atoms with Gasteiger partial charge in [0.2, 0.25) is 0 Å². The van der Waals surface area contributed by atoms with Gasteiger partial charge in [0.1, 0.15) is 5.58 Å². The predicted octanol–water partition coefficient (Wildman–Crippen LogP) is 4.12. The molecule has 1 aromatic carbocycles. The van der Waals surface area contributed by atoms with E-state index >= 15 is 0 Å². The van der Waals surface area contributed by atoms with E-state index in [2.05, 4.69) is 30.9 Å². The summed E-state index contributed by atoms with van der Waals surface area (Å²) in [5.41, 5.74) is 2.02. The highest BCUT2D eigenvalue weighted by molar-refractivity contribution is 5.96. The number of fused-ring (bicyclic) bond motifs is 1. The molecule has 3 rings (SSSR count). The number of nitrogens with zero attached hydrogens (tertiary/aromatic N) is 1. The van der Waals surface area contributed by atoms with Gasteiger partial charge in [0, 0.05) is 31.1 Å². The minimum atomic E-state index is -0.0250. The number of furan rings is 1. The van der Waals surface area contributed by atoms with Crippen LogP contribution in [0, 0.1) is 11.8 Å². The molecule has 3 nitrogen and oxygen atoms in total. The van der Waals surface area contributed by atoms with Crippen LogP contribution in [0.4, 0.5) is 5.69 Å². The normalized spacial score (nSPS) is 23.2. The molecule has 1 aromatic heterocycles. The van der Waals surface area contributed by atoms with Crippen molar-refractivity contribution in [2.45, 2.75) is 27.2 Å². The molecule has 20 heavy (non-hydrogen) atoms. The quantitative estimate of drug-likeness (QED) is 0.770. The van der Waals surface area contributed by atoms with Crippen molar-refractivity contribution >= 4 is 22.4 Å². The first-order valence-electron chi connectivity index (χ1n) is 7.32. The average Bonchev–Trinajstić information content (AvgIpc) is 2.80. The van der Waals surface area contributed by atoms with E-state index in [0.717, 1.165) is 35.9 Å². The van der Waals surface area contributed by atoms with Crippen molar-refractivity contribution in [2.75, 3.05) is 18.0 Å². The summed E-state index contributed by atoms with van der Waals surface area (Å²) in [7, 11) is 0. The fourth-order valence-corrected chi connectivity index (χ4v) is 3.27. The molecule has 0 spiro atoms. The lowest BCUT2D eigenvalue weighted by molar-refractivity contribution is 0.0989. The molecule has 0 amide bonds. The summed E-state index contributed by atoms with van der Waals surface area (Å²) in [6, 6.07) is 8.05. The van der Waals surface area contributed by atoms with Gasteiger partial charge < -0.3 is 9.32 Å². The summed E-state index contributed by atoms with van der Waals surface area (Å²) in [6.45, 7) is 8.37. The summed E-state index contributed by atoms with van der Waals surface area (Å²) in [6.07, 6.45) is 1.30. The van der Waals surface area contributed by atoms with Crippen molar-refractivity contribution in [3.05, 3.63) is 30.0 Å². The minimum Gasteiger partial charge on any atom is -0.453 e. The minimum absolute atomic E-state index is 0.0250. The van der Waals surface area contributed by atoms with Crippen LogP contribution in [0.1, 0.15) is 37.7 Å². The first-order chi connectivity index (χ1) is 9.52. The van der Waals surface area contributed by atoms with Gasteiger partial charge in [-0.1, -0.05) is 13.8 Å². The Bertz CT molecular complexity index is 633. The third kappa shape index (κ3) is 2.45. The molecule has 2 heterocycles. The van der Waals surface area contributed by atoms with Crippen LogP contribution >= 0.6 is 0 Å². The van der Waals surface area contributed by atoms with E-state index in [1.807, 2.05) is 12.1 Å². The number of benzene rings is 1. The van der Waals surface area contributed by atoms with Crippen LogP contribution in [0.3, 0.4) is 0 Å². The third-order valence-electron chi connectivity index (χ3n) is 4.08. The van der Waals surface area contributed by atoms with E-state index in [4.69, 9.17) is 4.42 Å². The Balaban J connectivity index is 1.94. The van der Waals surface area contributed by atoms with Gasteiger partial charge in [-0.2, -0.15) is 0 Å². The lowest BCUT2D eigenvalue weighted by Gasteiger charge is -2.36. The fraction of sp³-hybridized carbons (Fsp3) is 0.471. The summed E-state index contributed by atoms with van der Waals surface area (Å²) < 4.78 is 5.55. The van der Waals surface area contributed by atoms with Gasteiger partial charge in [-0.3, -0.25) is 4.79 Å². The molecule has 106 valence electrons. The van der Waals surface area contributed by atoms with Gasteiger partial charge in [-0.05, 0) is 42.5 Å². The highest BCUT2D eigenvalue weighted by atomic mass is 16.3. The second-order valence-electron chi connectivity index (χ2n) is 6.24. The van der Waals surface area contributed by atoms with Crippen LogP contribution in [0.15, 0.2) is 28.7 Å². The maximum Gasteiger partial charge on any atom is 0.194 e. The molecular formula is C17H21NO2. The van der Waals surface area contributed by atoms with Crippen molar-refractivity contribution in [3.63, 3.8) is 0 Å². The molecule has 2 unspecified atom stereocenters. The van der Waals surface area contributed by atoms with Crippen LogP contribution in [0.25, 0.3) is 11.0 Å². The maximum absolute atomic E-state index is 11.4. The molecule has 0 saturated carbocycles. The van der Waals surface area contributed by atoms with Crippen molar-refractivity contribution in [2.24, 2.45) is 11.8 Å². The zero-order valence-corrected chi connectivity index (χ0v) is 12.3. The maximum atomic E-state index is 11.4. The molecule has 3 heteroatoms. The largest absolute Gasteiger partial charge is 0.453 e. The topological polar surface area (TPSA) is 33.5 Å². The SMILES string of the molecule is CC(=O)c1cc2cc(N3CC(C)CC(C)C3)ccc2o1. The number of hydrogen-bond acceptors (Lipinski definition) is 3. The number of piperidine rings is 1. The summed E-state index contributed by atoms with van der Waals surface area (Å²) in [5, 5.41) is 1.01. The van der Waals surface area contributed by atoms with E-state index in [9.17, 15) is 4.79 Å². The van der Waals surface area contributed by atoms with Gasteiger partial charge in [-0.25, -0.2) is 0 Å². The molecule has 1 saturated heterocycles. The van der Waals surface area contributed by atoms with Crippen LogP contribution in [-0.4, -0.2) is 18.9 Å². The Morgan fingerprint density at radius 2 is 1.90 bits per heavy atom. The smallest absolute Gasteiger partial charge is 0.194 e. The molecule has 0 bridgehead atoms. The monoisotopic (exact) mass is 271 g/mol. The lowest BCUT2D eigenvalue weighted by atomic mass is 9.91. The van der Waals surface area contributed by atoms with Gasteiger partial charge in [0.25, 0.3) is 0 Å². The Labute approximate surface area is 119 Å². The zero-order chi connectivity index (χ0) is 14.3. The van der Waals surface area contributed by atoms with Crippen molar-refractivity contribution in [3.8, 4) is 0 Å². The third-order valence-corrected chi connectivity index (χ3v) is 4.08. The van der Waals surface area contributed by atoms with E-state index < -0.39 is 0 Å². The average molecular weight is 271 g/mol. The van der Waals surface area contributed by atoms with Crippen LogP contribution in [-0.2, 0) is 0 Å². The van der Waals surface area contributed by atoms with Crippen LogP contribution < -0.4 is 4.90 Å². The van der Waals surface area contributed by atoms with Gasteiger partial charge >= 0.3 is 0 Å². The Morgan fingerprint density at radius 3 is 2.55 bits per heavy atom. The van der Waals surface area contributed by atoms with E-state index in [1.165, 1.54) is 19.0 Å². The van der Waals surface area contributed by atoms with Crippen LogP contribution in [0.2, 0.25) is 0 Å². The lowest BCUT2D eigenvalue weighted by Crippen LogP contribution is -2.38. The van der Waals surface area contributed by atoms with Crippen LogP contribution in [0.5, 0.6) is 0 Å². The number of rotatable bonds is 2. The summed E-state index contributed by atoms with van der Waals surface area (Å²) in [4.78, 5) is 13.8. The Morgan fingerprint density at radius 1 is 1.20 bits per heavy atom. The van der Waals surface area contributed by atoms with Crippen molar-refractivity contribution in [1.29, 1.82) is 0 Å². The second kappa shape index (κ2) is 4.97. The molecule has 2 atom stereocenters. The second-order valence-corrected chi connectivity index (χ2v) is 6.24. The molecule has 0 N–H and O–H groups in total. The van der Waals surface area contributed by atoms with E-state index in [0.29, 0.717) is 5.76 Å². The number of Topliss-reactive ketones (excluding diaryl/α,β-unsaturated/α-hetero) is 1. The summed E-state index contributed by atoms with van der Waals surface area (Å²) >= 11 is 0. The Kier molecular flexibility index (Phi) is 3.28. The standard InChI is InChI=1S/C17H21NO2/c1-11-6-12(2)10-18(9-11)15-4-5-16-14(7-15)8-17(20-16)13(3)19/h4-5,7-8,11-12H,6,9-10H2,1-3H3. The van der Waals surface area contributed by atoms with E-state index in [1.54, 1.807) is 0 Å². The van der Waals surface area contributed by atoms with E-state index in [-0.39, 0.29) is 5.78 Å². The number of anilines is 1. The molecule has 1 fully saturated rings. The highest BCUT2D eigenvalue weighted by Gasteiger charge is 2.22. The molecule has 0 aliphatic carbocycles. The highest BCUT2D eigenvalue weighted by Crippen LogP contribution is 2.30. The van der Waals surface area contributed by atoms with Gasteiger partial charge in [0.15, 0.2) is 11.5 Å². The zero-order valence-electron chi connectivity index (χ0n) is 12.3. The number of carbonyl (C=O) groups excluding carboxylic acids is 1. The molecule has 0 radical (unpaired) electrons. The first kappa shape index (κ1) is 13.2. The first-order valence-corrected chi connectivity index (χ1v) is 7.32. The predicted molar refractivity (Wildman–Crippen MR) is 81.4 cm³/mol. The fourth-order valence-electron chi connectivity index (χ4n) is 3.27. The van der Waals surface area contributed by atoms with Gasteiger partial charge in [0.05, 0.1) is 0 Å².